The molecule has 0 N–H and O–H groups in total. The number of halogens is 4. The molecule has 1 nitrogen and oxygen atoms in total. The number of rotatable bonds is 1. The molecule has 1 aromatic heterocycles. The lowest BCUT2D eigenvalue weighted by Gasteiger charge is -2.02. The van der Waals surface area contributed by atoms with E-state index in [0.717, 1.165) is 0 Å². The summed E-state index contributed by atoms with van der Waals surface area (Å²) >= 11 is 20.3. The van der Waals surface area contributed by atoms with Crippen molar-refractivity contribution in [3.8, 4) is 0 Å². The Morgan fingerprint density at radius 1 is 1.45 bits per heavy atom. The van der Waals surface area contributed by atoms with Gasteiger partial charge in [-0.2, -0.15) is 0 Å². The van der Waals surface area contributed by atoms with E-state index in [1.807, 2.05) is 0 Å². The predicted molar refractivity (Wildman–Crippen MR) is 51.5 cm³/mol. The highest BCUT2D eigenvalue weighted by Crippen LogP contribution is 2.30. The highest BCUT2D eigenvalue weighted by Gasteiger charge is 2.08. The first-order valence-electron chi connectivity index (χ1n) is 2.71. The van der Waals surface area contributed by atoms with Gasteiger partial charge in [0.2, 0.25) is 0 Å². The van der Waals surface area contributed by atoms with Gasteiger partial charge in [-0.25, -0.2) is 4.98 Å². The fraction of sp³-hybridized carbons (Fsp3) is 0.167. The van der Waals surface area contributed by atoms with E-state index < -0.39 is 0 Å². The summed E-state index contributed by atoms with van der Waals surface area (Å²) in [6, 6.07) is 0. The molecule has 0 saturated heterocycles. The molecule has 0 amide bonds. The number of aromatic nitrogens is 1. The van der Waals surface area contributed by atoms with Crippen molar-refractivity contribution in [3.05, 3.63) is 26.4 Å². The fourth-order valence-electron chi connectivity index (χ4n) is 0.600. The largest absolute Gasteiger partial charge is 0.246 e. The Bertz CT molecular complexity index is 277. The number of pyridine rings is 1. The monoisotopic (exact) mass is 273 g/mol. The van der Waals surface area contributed by atoms with E-state index >= 15 is 0 Å². The van der Waals surface area contributed by atoms with Crippen LogP contribution in [0.1, 0.15) is 5.56 Å². The van der Waals surface area contributed by atoms with Gasteiger partial charge >= 0.3 is 0 Å². The van der Waals surface area contributed by atoms with E-state index in [0.29, 0.717) is 26.1 Å². The maximum Gasteiger partial charge on any atom is 0.125 e. The molecule has 0 aliphatic rings. The van der Waals surface area contributed by atoms with Crippen LogP contribution >= 0.6 is 50.7 Å². The molecule has 60 valence electrons. The average Bonchev–Trinajstić information content (AvgIpc) is 1.99. The standard InChI is InChI=1S/C6H3BrCl3N/c7-6-5(10)3(1-8)4(9)2-11-6/h2H,1H2. The minimum Gasteiger partial charge on any atom is -0.246 e. The third-order valence-corrected chi connectivity index (χ3v) is 2.99. The highest BCUT2D eigenvalue weighted by atomic mass is 79.9. The van der Waals surface area contributed by atoms with Crippen LogP contribution in [0.5, 0.6) is 0 Å². The van der Waals surface area contributed by atoms with Crippen LogP contribution in [0.3, 0.4) is 0 Å². The first kappa shape index (κ1) is 9.59. The molecule has 0 radical (unpaired) electrons. The smallest absolute Gasteiger partial charge is 0.125 e. The molecule has 5 heteroatoms. The molecule has 1 rings (SSSR count). The fourth-order valence-corrected chi connectivity index (χ4v) is 1.83. The molecule has 1 aromatic rings. The molecule has 0 atom stereocenters. The van der Waals surface area contributed by atoms with Crippen molar-refractivity contribution in [2.75, 3.05) is 0 Å². The van der Waals surface area contributed by atoms with Crippen LogP contribution in [0.15, 0.2) is 10.8 Å². The second-order valence-electron chi connectivity index (χ2n) is 1.82. The summed E-state index contributed by atoms with van der Waals surface area (Å²) in [5.74, 6) is 0.290. The second-order valence-corrected chi connectivity index (χ2v) is 3.63. The number of alkyl halides is 1. The van der Waals surface area contributed by atoms with Crippen molar-refractivity contribution in [2.45, 2.75) is 5.88 Å². The topological polar surface area (TPSA) is 12.9 Å². The summed E-state index contributed by atoms with van der Waals surface area (Å²) in [4.78, 5) is 3.88. The Labute approximate surface area is 87.8 Å². The summed E-state index contributed by atoms with van der Waals surface area (Å²) in [7, 11) is 0. The molecule has 11 heavy (non-hydrogen) atoms. The van der Waals surface area contributed by atoms with Crippen LogP contribution in [0.4, 0.5) is 0 Å². The van der Waals surface area contributed by atoms with Gasteiger partial charge in [0.25, 0.3) is 0 Å². The Kier molecular flexibility index (Phi) is 3.44. The lowest BCUT2D eigenvalue weighted by atomic mass is 10.3. The van der Waals surface area contributed by atoms with Crippen LogP contribution < -0.4 is 0 Å². The Morgan fingerprint density at radius 2 is 2.09 bits per heavy atom. The van der Waals surface area contributed by atoms with Gasteiger partial charge in [0.15, 0.2) is 0 Å². The van der Waals surface area contributed by atoms with Crippen molar-refractivity contribution < 1.29 is 0 Å². The van der Waals surface area contributed by atoms with Crippen LogP contribution in [-0.4, -0.2) is 4.98 Å². The molecule has 0 aromatic carbocycles. The molecule has 1 heterocycles. The van der Waals surface area contributed by atoms with Crippen molar-refractivity contribution in [3.63, 3.8) is 0 Å². The average molecular weight is 275 g/mol. The van der Waals surface area contributed by atoms with Gasteiger partial charge < -0.3 is 0 Å². The van der Waals surface area contributed by atoms with Crippen molar-refractivity contribution in [1.82, 2.24) is 4.98 Å². The lowest BCUT2D eigenvalue weighted by Crippen LogP contribution is -1.86. The zero-order valence-electron chi connectivity index (χ0n) is 5.24. The molecule has 0 spiro atoms. The SMILES string of the molecule is ClCc1c(Cl)cnc(Br)c1Cl. The van der Waals surface area contributed by atoms with E-state index in [4.69, 9.17) is 34.8 Å². The van der Waals surface area contributed by atoms with Gasteiger partial charge in [0.05, 0.1) is 15.9 Å². The van der Waals surface area contributed by atoms with E-state index in [9.17, 15) is 0 Å². The van der Waals surface area contributed by atoms with Crippen LogP contribution in [0, 0.1) is 0 Å². The summed E-state index contributed by atoms with van der Waals surface area (Å²) in [5.41, 5.74) is 0.705. The Hall–Kier alpha value is 0.500. The maximum absolute atomic E-state index is 5.82. The van der Waals surface area contributed by atoms with Gasteiger partial charge in [0.1, 0.15) is 4.60 Å². The minimum absolute atomic E-state index is 0.290. The summed E-state index contributed by atoms with van der Waals surface area (Å²) < 4.78 is 0.569. The molecular formula is C6H3BrCl3N. The van der Waals surface area contributed by atoms with Crippen LogP contribution in [0.25, 0.3) is 0 Å². The van der Waals surface area contributed by atoms with Crippen molar-refractivity contribution >= 4 is 50.7 Å². The number of nitrogens with zero attached hydrogens (tertiary/aromatic N) is 1. The van der Waals surface area contributed by atoms with E-state index in [-0.39, 0.29) is 0 Å². The van der Waals surface area contributed by atoms with Gasteiger partial charge in [-0.15, -0.1) is 11.6 Å². The zero-order chi connectivity index (χ0) is 8.43. The van der Waals surface area contributed by atoms with Crippen LogP contribution in [-0.2, 0) is 5.88 Å². The van der Waals surface area contributed by atoms with Gasteiger partial charge in [-0.3, -0.25) is 0 Å². The van der Waals surface area contributed by atoms with E-state index in [1.54, 1.807) is 0 Å². The van der Waals surface area contributed by atoms with Gasteiger partial charge in [0, 0.05) is 11.8 Å². The first-order chi connectivity index (χ1) is 5.16. The van der Waals surface area contributed by atoms with E-state index in [1.165, 1.54) is 6.20 Å². The third-order valence-electron chi connectivity index (χ3n) is 1.16. The zero-order valence-corrected chi connectivity index (χ0v) is 9.10. The summed E-state index contributed by atoms with van der Waals surface area (Å²) in [6.45, 7) is 0. The molecule has 0 unspecified atom stereocenters. The highest BCUT2D eigenvalue weighted by molar-refractivity contribution is 9.10. The normalized spacial score (nSPS) is 10.2. The summed E-state index contributed by atoms with van der Waals surface area (Å²) in [5, 5.41) is 0.973. The lowest BCUT2D eigenvalue weighted by molar-refractivity contribution is 1.23. The summed E-state index contributed by atoms with van der Waals surface area (Å²) in [6.07, 6.45) is 1.51. The van der Waals surface area contributed by atoms with E-state index in [2.05, 4.69) is 20.9 Å². The van der Waals surface area contributed by atoms with Gasteiger partial charge in [-0.1, -0.05) is 23.2 Å². The van der Waals surface area contributed by atoms with Crippen molar-refractivity contribution in [2.24, 2.45) is 0 Å². The molecule has 0 aliphatic carbocycles. The predicted octanol–water partition coefficient (Wildman–Crippen LogP) is 3.89. The maximum atomic E-state index is 5.82. The van der Waals surface area contributed by atoms with Gasteiger partial charge in [-0.05, 0) is 15.9 Å². The molecular weight excluding hydrogens is 272 g/mol. The quantitative estimate of drug-likeness (QED) is 0.559. The third kappa shape index (κ3) is 2.00. The molecule has 0 saturated carbocycles. The Morgan fingerprint density at radius 3 is 2.55 bits per heavy atom. The Balaban J connectivity index is 3.29. The molecule has 0 bridgehead atoms. The first-order valence-corrected chi connectivity index (χ1v) is 4.79. The molecule has 0 fully saturated rings. The number of hydrogen-bond acceptors (Lipinski definition) is 1. The second kappa shape index (κ2) is 3.94. The minimum atomic E-state index is 0.290. The van der Waals surface area contributed by atoms with Crippen molar-refractivity contribution in [1.29, 1.82) is 0 Å². The van der Waals surface area contributed by atoms with Crippen LogP contribution in [0.2, 0.25) is 10.0 Å². The molecule has 0 aliphatic heterocycles. The number of hydrogen-bond donors (Lipinski definition) is 0.